The standard InChI is InChI=1S/C13H14FN3O2/c14-11-3-1-10(2-4-11)7-17-8-12(16-9-17)5-6-19-13(15)18/h1-4,8-9H,5-7H2,(H2,15,18). The van der Waals surface area contributed by atoms with Crippen LogP contribution in [0.2, 0.25) is 0 Å². The Morgan fingerprint density at radius 3 is 2.79 bits per heavy atom. The third-order valence-electron chi connectivity index (χ3n) is 2.57. The van der Waals surface area contributed by atoms with Crippen molar-refractivity contribution < 1.29 is 13.9 Å². The summed E-state index contributed by atoms with van der Waals surface area (Å²) < 4.78 is 19.3. The van der Waals surface area contributed by atoms with E-state index in [1.165, 1.54) is 12.1 Å². The molecule has 6 heteroatoms. The maximum Gasteiger partial charge on any atom is 0.404 e. The number of imidazole rings is 1. The second-order valence-corrected chi connectivity index (χ2v) is 4.08. The van der Waals surface area contributed by atoms with E-state index in [4.69, 9.17) is 5.73 Å². The predicted octanol–water partition coefficient (Wildman–Crippen LogP) is 1.71. The predicted molar refractivity (Wildman–Crippen MR) is 67.0 cm³/mol. The number of hydrogen-bond donors (Lipinski definition) is 1. The maximum atomic E-state index is 12.8. The third kappa shape index (κ3) is 4.09. The summed E-state index contributed by atoms with van der Waals surface area (Å²) >= 11 is 0. The molecule has 1 heterocycles. The van der Waals surface area contributed by atoms with Gasteiger partial charge in [-0.3, -0.25) is 0 Å². The fraction of sp³-hybridized carbons (Fsp3) is 0.231. The lowest BCUT2D eigenvalue weighted by Crippen LogP contribution is -2.14. The highest BCUT2D eigenvalue weighted by atomic mass is 19.1. The Labute approximate surface area is 109 Å². The van der Waals surface area contributed by atoms with Crippen LogP contribution in [0.25, 0.3) is 0 Å². The van der Waals surface area contributed by atoms with Crippen molar-refractivity contribution in [1.82, 2.24) is 9.55 Å². The molecule has 0 fully saturated rings. The first-order valence-corrected chi connectivity index (χ1v) is 5.81. The van der Waals surface area contributed by atoms with Crippen molar-refractivity contribution in [2.45, 2.75) is 13.0 Å². The SMILES string of the molecule is NC(=O)OCCc1cn(Cc2ccc(F)cc2)cn1. The second-order valence-electron chi connectivity index (χ2n) is 4.08. The average Bonchev–Trinajstić information content (AvgIpc) is 2.79. The third-order valence-corrected chi connectivity index (χ3v) is 2.57. The number of hydrogen-bond acceptors (Lipinski definition) is 3. The highest BCUT2D eigenvalue weighted by Gasteiger charge is 2.02. The molecular formula is C13H14FN3O2. The van der Waals surface area contributed by atoms with Crippen LogP contribution in [0, 0.1) is 5.82 Å². The highest BCUT2D eigenvalue weighted by Crippen LogP contribution is 2.06. The summed E-state index contributed by atoms with van der Waals surface area (Å²) in [6.07, 6.45) is 3.27. The molecule has 0 radical (unpaired) electrons. The average molecular weight is 263 g/mol. The molecule has 1 amide bonds. The molecule has 0 aliphatic carbocycles. The summed E-state index contributed by atoms with van der Waals surface area (Å²) in [4.78, 5) is 14.6. The Morgan fingerprint density at radius 2 is 2.11 bits per heavy atom. The van der Waals surface area contributed by atoms with Gasteiger partial charge < -0.3 is 15.0 Å². The van der Waals surface area contributed by atoms with Crippen LogP contribution < -0.4 is 5.73 Å². The van der Waals surface area contributed by atoms with Gasteiger partial charge in [-0.25, -0.2) is 14.2 Å². The summed E-state index contributed by atoms with van der Waals surface area (Å²) in [5.74, 6) is -0.251. The number of nitrogens with zero attached hydrogens (tertiary/aromatic N) is 2. The monoisotopic (exact) mass is 263 g/mol. The Bertz CT molecular complexity index is 551. The van der Waals surface area contributed by atoms with Crippen LogP contribution in [0.15, 0.2) is 36.8 Å². The van der Waals surface area contributed by atoms with Crippen molar-refractivity contribution in [1.29, 1.82) is 0 Å². The molecule has 2 rings (SSSR count). The molecule has 0 unspecified atom stereocenters. The van der Waals surface area contributed by atoms with Crippen molar-refractivity contribution in [3.05, 3.63) is 53.9 Å². The molecule has 2 aromatic rings. The van der Waals surface area contributed by atoms with Gasteiger partial charge in [0, 0.05) is 19.2 Å². The maximum absolute atomic E-state index is 12.8. The Balaban J connectivity index is 1.90. The fourth-order valence-corrected chi connectivity index (χ4v) is 1.68. The molecule has 1 aromatic carbocycles. The molecule has 0 aliphatic heterocycles. The van der Waals surface area contributed by atoms with Crippen molar-refractivity contribution in [3.8, 4) is 0 Å². The van der Waals surface area contributed by atoms with Gasteiger partial charge in [0.15, 0.2) is 0 Å². The molecule has 5 nitrogen and oxygen atoms in total. The van der Waals surface area contributed by atoms with E-state index >= 15 is 0 Å². The van der Waals surface area contributed by atoms with Gasteiger partial charge >= 0.3 is 6.09 Å². The molecule has 2 N–H and O–H groups in total. The highest BCUT2D eigenvalue weighted by molar-refractivity contribution is 5.64. The van der Waals surface area contributed by atoms with E-state index in [0.717, 1.165) is 11.3 Å². The van der Waals surface area contributed by atoms with E-state index in [2.05, 4.69) is 9.72 Å². The molecule has 0 saturated carbocycles. The number of primary amides is 1. The molecule has 0 bridgehead atoms. The molecule has 0 atom stereocenters. The van der Waals surface area contributed by atoms with Gasteiger partial charge in [0.05, 0.1) is 18.6 Å². The minimum Gasteiger partial charge on any atom is -0.449 e. The van der Waals surface area contributed by atoms with Gasteiger partial charge in [-0.1, -0.05) is 12.1 Å². The first-order chi connectivity index (χ1) is 9.13. The van der Waals surface area contributed by atoms with Gasteiger partial charge in [-0.05, 0) is 17.7 Å². The van der Waals surface area contributed by atoms with Gasteiger partial charge in [0.25, 0.3) is 0 Å². The number of ether oxygens (including phenoxy) is 1. The lowest BCUT2D eigenvalue weighted by atomic mass is 10.2. The summed E-state index contributed by atoms with van der Waals surface area (Å²) in [6.45, 7) is 0.826. The van der Waals surface area contributed by atoms with Crippen molar-refractivity contribution in [2.24, 2.45) is 5.73 Å². The molecule has 1 aromatic heterocycles. The Kier molecular flexibility index (Phi) is 4.12. The molecule has 0 spiro atoms. The minimum absolute atomic E-state index is 0.211. The molecule has 0 saturated heterocycles. The van der Waals surface area contributed by atoms with E-state index in [1.807, 2.05) is 10.8 Å². The van der Waals surface area contributed by atoms with Gasteiger partial charge in [-0.2, -0.15) is 0 Å². The zero-order valence-electron chi connectivity index (χ0n) is 10.3. The van der Waals surface area contributed by atoms with Gasteiger partial charge in [0.1, 0.15) is 5.82 Å². The van der Waals surface area contributed by atoms with Crippen LogP contribution >= 0.6 is 0 Å². The largest absolute Gasteiger partial charge is 0.449 e. The zero-order valence-corrected chi connectivity index (χ0v) is 10.3. The van der Waals surface area contributed by atoms with Crippen molar-refractivity contribution in [3.63, 3.8) is 0 Å². The normalized spacial score (nSPS) is 10.4. The van der Waals surface area contributed by atoms with Gasteiger partial charge in [-0.15, -0.1) is 0 Å². The quantitative estimate of drug-likeness (QED) is 0.892. The van der Waals surface area contributed by atoms with E-state index in [0.29, 0.717) is 13.0 Å². The summed E-state index contributed by atoms with van der Waals surface area (Å²) in [7, 11) is 0. The Morgan fingerprint density at radius 1 is 1.37 bits per heavy atom. The lowest BCUT2D eigenvalue weighted by Gasteiger charge is -2.02. The first-order valence-electron chi connectivity index (χ1n) is 5.81. The van der Waals surface area contributed by atoms with Crippen LogP contribution in [-0.4, -0.2) is 22.3 Å². The van der Waals surface area contributed by atoms with E-state index in [1.54, 1.807) is 18.5 Å². The summed E-state index contributed by atoms with van der Waals surface area (Å²) in [5, 5.41) is 0. The van der Waals surface area contributed by atoms with E-state index in [9.17, 15) is 9.18 Å². The fourth-order valence-electron chi connectivity index (χ4n) is 1.68. The van der Waals surface area contributed by atoms with Crippen LogP contribution in [0.1, 0.15) is 11.3 Å². The van der Waals surface area contributed by atoms with Crippen LogP contribution in [0.5, 0.6) is 0 Å². The number of benzene rings is 1. The number of carbonyl (C=O) groups excluding carboxylic acids is 1. The number of amides is 1. The van der Waals surface area contributed by atoms with Crippen LogP contribution in [0.4, 0.5) is 9.18 Å². The smallest absolute Gasteiger partial charge is 0.404 e. The van der Waals surface area contributed by atoms with E-state index < -0.39 is 6.09 Å². The molecule has 100 valence electrons. The Hall–Kier alpha value is -2.37. The topological polar surface area (TPSA) is 70.1 Å². The molecule has 0 aliphatic rings. The van der Waals surface area contributed by atoms with Crippen molar-refractivity contribution >= 4 is 6.09 Å². The molecular weight excluding hydrogens is 249 g/mol. The summed E-state index contributed by atoms with van der Waals surface area (Å²) in [6, 6.07) is 6.30. The van der Waals surface area contributed by atoms with Crippen LogP contribution in [-0.2, 0) is 17.7 Å². The first kappa shape index (κ1) is 13.1. The number of aromatic nitrogens is 2. The number of carbonyl (C=O) groups is 1. The van der Waals surface area contributed by atoms with Gasteiger partial charge in [0.2, 0.25) is 0 Å². The number of nitrogens with two attached hydrogens (primary N) is 1. The molecule has 19 heavy (non-hydrogen) atoms. The summed E-state index contributed by atoms with van der Waals surface area (Å²) in [5.41, 5.74) is 6.65. The zero-order chi connectivity index (χ0) is 13.7. The lowest BCUT2D eigenvalue weighted by molar-refractivity contribution is 0.158. The number of halogens is 1. The van der Waals surface area contributed by atoms with E-state index in [-0.39, 0.29) is 12.4 Å². The minimum atomic E-state index is -0.786. The second kappa shape index (κ2) is 5.99. The number of rotatable bonds is 5. The van der Waals surface area contributed by atoms with Crippen LogP contribution in [0.3, 0.4) is 0 Å². The van der Waals surface area contributed by atoms with Crippen molar-refractivity contribution in [2.75, 3.05) is 6.61 Å².